The van der Waals surface area contributed by atoms with E-state index in [-0.39, 0.29) is 18.3 Å². The number of hydrogen-bond donors (Lipinski definition) is 1. The number of rotatable bonds is 5. The second kappa shape index (κ2) is 7.25. The fourth-order valence-corrected chi connectivity index (χ4v) is 2.88. The average Bonchev–Trinajstić information content (AvgIpc) is 2.60. The van der Waals surface area contributed by atoms with Gasteiger partial charge in [-0.15, -0.1) is 0 Å². The molecule has 1 aromatic carbocycles. The van der Waals surface area contributed by atoms with Crippen LogP contribution in [0.25, 0.3) is 0 Å². The molecule has 1 amide bonds. The minimum atomic E-state index is -0.253. The maximum atomic E-state index is 12.1. The molecule has 1 heterocycles. The number of anilines is 1. The van der Waals surface area contributed by atoms with Crippen LogP contribution in [0.3, 0.4) is 0 Å². The first-order chi connectivity index (χ1) is 11.6. The van der Waals surface area contributed by atoms with Crippen molar-refractivity contribution >= 4 is 17.4 Å². The van der Waals surface area contributed by atoms with Crippen molar-refractivity contribution in [3.05, 3.63) is 53.3 Å². The summed E-state index contributed by atoms with van der Waals surface area (Å²) in [5.41, 5.74) is 3.36. The molecule has 0 fully saturated rings. The first kappa shape index (κ1) is 16.2. The minimum Gasteiger partial charge on any atom is -0.483 e. The van der Waals surface area contributed by atoms with Gasteiger partial charge in [0.05, 0.1) is 0 Å². The summed E-state index contributed by atoms with van der Waals surface area (Å²) in [6.07, 6.45) is 5.92. The largest absolute Gasteiger partial charge is 0.483 e. The Bertz CT molecular complexity index is 771. The maximum Gasteiger partial charge on any atom is 0.262 e. The molecule has 5 heteroatoms. The molecule has 1 aliphatic carbocycles. The molecule has 0 atom stereocenters. The number of pyridine rings is 1. The van der Waals surface area contributed by atoms with E-state index < -0.39 is 0 Å². The van der Waals surface area contributed by atoms with E-state index in [1.54, 1.807) is 30.5 Å². The predicted octanol–water partition coefficient (Wildman–Crippen LogP) is 3.18. The highest BCUT2D eigenvalue weighted by Gasteiger charge is 2.16. The Morgan fingerprint density at radius 1 is 1.21 bits per heavy atom. The number of carbonyl (C=O) groups excluding carboxylic acids is 2. The second-order valence-electron chi connectivity index (χ2n) is 5.92. The zero-order valence-corrected chi connectivity index (χ0v) is 13.7. The van der Waals surface area contributed by atoms with Crippen LogP contribution in [0, 0.1) is 0 Å². The van der Waals surface area contributed by atoms with E-state index in [0.717, 1.165) is 42.7 Å². The fraction of sp³-hybridized carbons (Fsp3) is 0.316. The van der Waals surface area contributed by atoms with Gasteiger partial charge in [-0.25, -0.2) is 0 Å². The summed E-state index contributed by atoms with van der Waals surface area (Å²) in [5, 5.41) is 2.76. The normalized spacial score (nSPS) is 13.0. The molecule has 0 radical (unpaired) electrons. The van der Waals surface area contributed by atoms with Crippen LogP contribution in [0.2, 0.25) is 0 Å². The number of ether oxygens (including phenoxy) is 1. The molecule has 24 heavy (non-hydrogen) atoms. The Kier molecular flexibility index (Phi) is 4.89. The van der Waals surface area contributed by atoms with Crippen LogP contribution in [0.4, 0.5) is 5.69 Å². The molecular formula is C19H20N2O3. The highest BCUT2D eigenvalue weighted by Crippen LogP contribution is 2.27. The highest BCUT2D eigenvalue weighted by atomic mass is 16.5. The number of carbonyl (C=O) groups is 2. The van der Waals surface area contributed by atoms with Crippen LogP contribution < -0.4 is 10.1 Å². The van der Waals surface area contributed by atoms with Crippen LogP contribution in [0.5, 0.6) is 5.75 Å². The summed E-state index contributed by atoms with van der Waals surface area (Å²) in [6, 6.07) is 8.69. The van der Waals surface area contributed by atoms with Gasteiger partial charge in [0.25, 0.3) is 5.91 Å². The lowest BCUT2D eigenvalue weighted by Crippen LogP contribution is -2.21. The van der Waals surface area contributed by atoms with E-state index in [0.29, 0.717) is 11.3 Å². The van der Waals surface area contributed by atoms with Gasteiger partial charge in [-0.3, -0.25) is 14.6 Å². The summed E-state index contributed by atoms with van der Waals surface area (Å²) in [6.45, 7) is 1.43. The van der Waals surface area contributed by atoms with Gasteiger partial charge in [-0.2, -0.15) is 0 Å². The van der Waals surface area contributed by atoms with Gasteiger partial charge in [0.15, 0.2) is 12.4 Å². The predicted molar refractivity (Wildman–Crippen MR) is 91.5 cm³/mol. The SMILES string of the molecule is CC(=O)c1cccc(NC(=O)COc2ccnc3c2CCCC3)c1. The summed E-state index contributed by atoms with van der Waals surface area (Å²) in [4.78, 5) is 27.9. The monoisotopic (exact) mass is 324 g/mol. The van der Waals surface area contributed by atoms with Crippen molar-refractivity contribution in [3.8, 4) is 5.75 Å². The maximum absolute atomic E-state index is 12.1. The van der Waals surface area contributed by atoms with Crippen LogP contribution in [0.1, 0.15) is 41.4 Å². The average molecular weight is 324 g/mol. The summed E-state index contributed by atoms with van der Waals surface area (Å²) in [7, 11) is 0. The smallest absolute Gasteiger partial charge is 0.262 e. The third-order valence-corrected chi connectivity index (χ3v) is 4.10. The van der Waals surface area contributed by atoms with E-state index in [2.05, 4.69) is 10.3 Å². The fourth-order valence-electron chi connectivity index (χ4n) is 2.88. The molecule has 0 saturated heterocycles. The number of fused-ring (bicyclic) bond motifs is 1. The quantitative estimate of drug-likeness (QED) is 0.858. The lowest BCUT2D eigenvalue weighted by Gasteiger charge is -2.18. The van der Waals surface area contributed by atoms with Crippen molar-refractivity contribution in [1.29, 1.82) is 0 Å². The van der Waals surface area contributed by atoms with Gasteiger partial charge in [-0.1, -0.05) is 12.1 Å². The Morgan fingerprint density at radius 2 is 2.04 bits per heavy atom. The molecule has 1 aromatic heterocycles. The summed E-state index contributed by atoms with van der Waals surface area (Å²) < 4.78 is 5.70. The Hall–Kier alpha value is -2.69. The Balaban J connectivity index is 1.62. The molecule has 0 unspecified atom stereocenters. The van der Waals surface area contributed by atoms with E-state index in [1.165, 1.54) is 6.92 Å². The number of ketones is 1. The molecule has 0 spiro atoms. The van der Waals surface area contributed by atoms with Gasteiger partial charge in [0.2, 0.25) is 0 Å². The van der Waals surface area contributed by atoms with Crippen molar-refractivity contribution in [2.24, 2.45) is 0 Å². The van der Waals surface area contributed by atoms with Crippen LogP contribution in [0.15, 0.2) is 36.5 Å². The molecule has 3 rings (SSSR count). The van der Waals surface area contributed by atoms with Gasteiger partial charge >= 0.3 is 0 Å². The second-order valence-corrected chi connectivity index (χ2v) is 5.92. The van der Waals surface area contributed by atoms with Gasteiger partial charge in [-0.05, 0) is 50.8 Å². The zero-order valence-electron chi connectivity index (χ0n) is 13.7. The summed E-state index contributed by atoms with van der Waals surface area (Å²) in [5.74, 6) is 0.454. The van der Waals surface area contributed by atoms with Crippen molar-refractivity contribution in [1.82, 2.24) is 4.98 Å². The van der Waals surface area contributed by atoms with Crippen LogP contribution >= 0.6 is 0 Å². The number of hydrogen-bond acceptors (Lipinski definition) is 4. The van der Waals surface area contributed by atoms with E-state index >= 15 is 0 Å². The third-order valence-electron chi connectivity index (χ3n) is 4.10. The number of nitrogens with one attached hydrogen (secondary N) is 1. The lowest BCUT2D eigenvalue weighted by molar-refractivity contribution is -0.118. The molecule has 5 nitrogen and oxygen atoms in total. The van der Waals surface area contributed by atoms with E-state index in [9.17, 15) is 9.59 Å². The van der Waals surface area contributed by atoms with Gasteiger partial charge in [0.1, 0.15) is 5.75 Å². The molecule has 1 aliphatic rings. The third kappa shape index (κ3) is 3.79. The first-order valence-electron chi connectivity index (χ1n) is 8.14. The minimum absolute atomic E-state index is 0.0363. The molecule has 1 N–H and O–H groups in total. The lowest BCUT2D eigenvalue weighted by atomic mass is 9.95. The molecule has 0 bridgehead atoms. The number of amides is 1. The standard InChI is InChI=1S/C19H20N2O3/c1-13(22)14-5-4-6-15(11-14)21-19(23)12-24-18-9-10-20-17-8-3-2-7-16(17)18/h4-6,9-11H,2-3,7-8,12H2,1H3,(H,21,23). The first-order valence-corrected chi connectivity index (χ1v) is 8.14. The molecular weight excluding hydrogens is 304 g/mol. The molecule has 2 aromatic rings. The van der Waals surface area contributed by atoms with Crippen molar-refractivity contribution in [3.63, 3.8) is 0 Å². The molecule has 124 valence electrons. The number of aryl methyl sites for hydroxylation is 1. The number of benzene rings is 1. The summed E-state index contributed by atoms with van der Waals surface area (Å²) >= 11 is 0. The number of nitrogens with zero attached hydrogens (tertiary/aromatic N) is 1. The van der Waals surface area contributed by atoms with Crippen LogP contribution in [-0.2, 0) is 17.6 Å². The molecule has 0 saturated carbocycles. The highest BCUT2D eigenvalue weighted by molar-refractivity contribution is 5.97. The van der Waals surface area contributed by atoms with Crippen molar-refractivity contribution in [2.45, 2.75) is 32.6 Å². The molecule has 0 aliphatic heterocycles. The van der Waals surface area contributed by atoms with Crippen molar-refractivity contribution in [2.75, 3.05) is 11.9 Å². The van der Waals surface area contributed by atoms with Gasteiger partial charge < -0.3 is 10.1 Å². The Morgan fingerprint density at radius 3 is 2.88 bits per heavy atom. The van der Waals surface area contributed by atoms with E-state index in [4.69, 9.17) is 4.74 Å². The van der Waals surface area contributed by atoms with Crippen LogP contribution in [-0.4, -0.2) is 23.3 Å². The van der Waals surface area contributed by atoms with E-state index in [1.807, 2.05) is 6.07 Å². The van der Waals surface area contributed by atoms with Gasteiger partial charge in [0, 0.05) is 28.7 Å². The van der Waals surface area contributed by atoms with Crippen molar-refractivity contribution < 1.29 is 14.3 Å². The number of Topliss-reactive ketones (excluding diaryl/α,β-unsaturated/α-hetero) is 1. The zero-order chi connectivity index (χ0) is 16.9. The number of aromatic nitrogens is 1. The topological polar surface area (TPSA) is 68.3 Å². The Labute approximate surface area is 141 Å².